The normalized spacial score (nSPS) is 27.5. The highest BCUT2D eigenvalue weighted by molar-refractivity contribution is 6.03. The molecule has 5 rings (SSSR count). The maximum atomic E-state index is 13.2. The summed E-state index contributed by atoms with van der Waals surface area (Å²) in [6.07, 6.45) is 10.1. The van der Waals surface area contributed by atoms with Crippen molar-refractivity contribution in [1.29, 1.82) is 0 Å². The molecule has 1 aliphatic heterocycles. The predicted molar refractivity (Wildman–Crippen MR) is 110 cm³/mol. The van der Waals surface area contributed by atoms with E-state index in [2.05, 4.69) is 21.4 Å². The number of nitrogens with one attached hydrogen (secondary N) is 1. The molecule has 1 aliphatic carbocycles. The number of fused-ring (bicyclic) bond motifs is 1. The fraction of sp³-hybridized carbons (Fsp3) is 0.522. The van der Waals surface area contributed by atoms with Gasteiger partial charge in [-0.1, -0.05) is 0 Å². The Kier molecular flexibility index (Phi) is 4.74. The summed E-state index contributed by atoms with van der Waals surface area (Å²) in [5.41, 5.74) is 3.13. The first-order chi connectivity index (χ1) is 14.1. The molecule has 3 aromatic heterocycles. The van der Waals surface area contributed by atoms with Crippen molar-refractivity contribution < 1.29 is 9.21 Å². The molecular formula is C23H28N4O2. The van der Waals surface area contributed by atoms with Crippen LogP contribution in [0.5, 0.6) is 0 Å². The van der Waals surface area contributed by atoms with Gasteiger partial charge >= 0.3 is 0 Å². The van der Waals surface area contributed by atoms with Crippen molar-refractivity contribution in [3.8, 4) is 0 Å². The molecule has 2 unspecified atom stereocenters. The van der Waals surface area contributed by atoms with Gasteiger partial charge in [0.2, 0.25) is 5.78 Å². The van der Waals surface area contributed by atoms with Crippen LogP contribution in [-0.4, -0.2) is 32.2 Å². The fourth-order valence-corrected chi connectivity index (χ4v) is 5.30. The number of Topliss-reactive ketones (excluding diaryl/α,β-unsaturated/α-hetero) is 1. The molecule has 1 saturated heterocycles. The summed E-state index contributed by atoms with van der Waals surface area (Å²) in [4.78, 5) is 22.2. The van der Waals surface area contributed by atoms with Gasteiger partial charge < -0.3 is 9.73 Å². The van der Waals surface area contributed by atoms with E-state index in [1.54, 1.807) is 12.6 Å². The third kappa shape index (κ3) is 3.39. The second-order valence-corrected chi connectivity index (χ2v) is 8.72. The van der Waals surface area contributed by atoms with E-state index in [4.69, 9.17) is 4.42 Å². The average molecular weight is 393 g/mol. The summed E-state index contributed by atoms with van der Waals surface area (Å²) in [5, 5.41) is 3.64. The third-order valence-electron chi connectivity index (χ3n) is 6.84. The van der Waals surface area contributed by atoms with Crippen molar-refractivity contribution in [2.75, 3.05) is 0 Å². The Bertz CT molecular complexity index is 1020. The van der Waals surface area contributed by atoms with E-state index in [9.17, 15) is 4.79 Å². The van der Waals surface area contributed by atoms with Crippen LogP contribution < -0.4 is 5.32 Å². The summed E-state index contributed by atoms with van der Waals surface area (Å²) in [5.74, 6) is 2.40. The predicted octanol–water partition coefficient (Wildman–Crippen LogP) is 4.22. The lowest BCUT2D eigenvalue weighted by atomic mass is 9.77. The molecule has 29 heavy (non-hydrogen) atoms. The zero-order valence-electron chi connectivity index (χ0n) is 17.1. The molecule has 0 spiro atoms. The maximum absolute atomic E-state index is 13.2. The largest absolute Gasteiger partial charge is 0.469 e. The molecule has 152 valence electrons. The molecule has 3 aromatic rings. The molecule has 1 saturated carbocycles. The molecule has 6 heteroatoms. The molecular weight excluding hydrogens is 364 g/mol. The van der Waals surface area contributed by atoms with Gasteiger partial charge in [0.05, 0.1) is 12.3 Å². The summed E-state index contributed by atoms with van der Waals surface area (Å²) >= 11 is 0. The Labute approximate surface area is 170 Å². The first-order valence-electron chi connectivity index (χ1n) is 10.7. The van der Waals surface area contributed by atoms with Gasteiger partial charge in [0, 0.05) is 23.3 Å². The van der Waals surface area contributed by atoms with Crippen LogP contribution in [0.25, 0.3) is 5.65 Å². The molecule has 0 radical (unpaired) electrons. The lowest BCUT2D eigenvalue weighted by molar-refractivity contribution is 0.0943. The van der Waals surface area contributed by atoms with Crippen LogP contribution in [0.3, 0.4) is 0 Å². The molecule has 1 N–H and O–H groups in total. The smallest absolute Gasteiger partial charge is 0.201 e. The number of ketones is 1. The number of hydrogen-bond donors (Lipinski definition) is 1. The van der Waals surface area contributed by atoms with E-state index in [-0.39, 0.29) is 11.8 Å². The highest BCUT2D eigenvalue weighted by atomic mass is 16.3. The minimum atomic E-state index is -0.149. The Hall–Kier alpha value is -2.47. The first kappa shape index (κ1) is 18.6. The van der Waals surface area contributed by atoms with Crippen LogP contribution in [0.2, 0.25) is 0 Å². The Morgan fingerprint density at radius 1 is 1.17 bits per heavy atom. The number of aromatic nitrogens is 3. The number of furan rings is 1. The van der Waals surface area contributed by atoms with E-state index >= 15 is 0 Å². The number of carbonyl (C=O) groups is 1. The van der Waals surface area contributed by atoms with Gasteiger partial charge in [-0.3, -0.25) is 9.20 Å². The van der Waals surface area contributed by atoms with E-state index in [0.29, 0.717) is 29.2 Å². The summed E-state index contributed by atoms with van der Waals surface area (Å²) < 4.78 is 7.51. The highest BCUT2D eigenvalue weighted by Gasteiger charge is 2.37. The standard InChI is InChI=1S/C23H28N4O2/c1-14-12-15(2)27-13-24-21(23(27)25-14)22(28)19-10-9-18(26-19)16-5-7-17(8-6-16)20-4-3-11-29-20/h3-4,11-13,16-19,26H,5-10H2,1-2H3. The van der Waals surface area contributed by atoms with Crippen molar-refractivity contribution in [2.24, 2.45) is 5.92 Å². The number of rotatable bonds is 4. The third-order valence-corrected chi connectivity index (χ3v) is 6.84. The number of carbonyl (C=O) groups excluding carboxylic acids is 1. The molecule has 0 amide bonds. The average Bonchev–Trinajstić information content (AvgIpc) is 3.47. The molecule has 4 heterocycles. The summed E-state index contributed by atoms with van der Waals surface area (Å²) in [7, 11) is 0. The molecule has 6 nitrogen and oxygen atoms in total. The van der Waals surface area contributed by atoms with Crippen LogP contribution >= 0.6 is 0 Å². The molecule has 2 aliphatic rings. The van der Waals surface area contributed by atoms with Gasteiger partial charge in [0.15, 0.2) is 11.3 Å². The van der Waals surface area contributed by atoms with Crippen molar-refractivity contribution in [3.05, 3.63) is 53.6 Å². The van der Waals surface area contributed by atoms with E-state index in [0.717, 1.165) is 30.0 Å². The van der Waals surface area contributed by atoms with Crippen molar-refractivity contribution >= 4 is 11.4 Å². The lowest BCUT2D eigenvalue weighted by Crippen LogP contribution is -2.40. The van der Waals surface area contributed by atoms with Crippen LogP contribution in [0.15, 0.2) is 35.2 Å². The molecule has 2 atom stereocenters. The van der Waals surface area contributed by atoms with Gasteiger partial charge in [-0.15, -0.1) is 0 Å². The number of aryl methyl sites for hydroxylation is 2. The second-order valence-electron chi connectivity index (χ2n) is 8.72. The topological polar surface area (TPSA) is 72.4 Å². The van der Waals surface area contributed by atoms with Crippen LogP contribution in [-0.2, 0) is 0 Å². The van der Waals surface area contributed by atoms with E-state index in [1.165, 1.54) is 25.7 Å². The lowest BCUT2D eigenvalue weighted by Gasteiger charge is -2.31. The Morgan fingerprint density at radius 2 is 2.00 bits per heavy atom. The van der Waals surface area contributed by atoms with Gasteiger partial charge in [-0.05, 0) is 76.5 Å². The second kappa shape index (κ2) is 7.41. The van der Waals surface area contributed by atoms with Crippen LogP contribution in [0.1, 0.15) is 72.1 Å². The van der Waals surface area contributed by atoms with Gasteiger partial charge in [0.25, 0.3) is 0 Å². The van der Waals surface area contributed by atoms with Gasteiger partial charge in [-0.25, -0.2) is 9.97 Å². The van der Waals surface area contributed by atoms with E-state index in [1.807, 2.05) is 30.4 Å². The summed E-state index contributed by atoms with van der Waals surface area (Å²) in [6, 6.07) is 6.36. The first-order valence-corrected chi connectivity index (χ1v) is 10.7. The molecule has 0 bridgehead atoms. The van der Waals surface area contributed by atoms with E-state index < -0.39 is 0 Å². The number of nitrogens with zero attached hydrogens (tertiary/aromatic N) is 3. The Balaban J connectivity index is 1.25. The van der Waals surface area contributed by atoms with Crippen molar-refractivity contribution in [2.45, 2.75) is 70.4 Å². The fourth-order valence-electron chi connectivity index (χ4n) is 5.30. The number of imidazole rings is 1. The van der Waals surface area contributed by atoms with Crippen molar-refractivity contribution in [1.82, 2.24) is 19.7 Å². The molecule has 0 aromatic carbocycles. The minimum absolute atomic E-state index is 0.0803. The highest BCUT2D eigenvalue weighted by Crippen LogP contribution is 2.39. The molecule has 2 fully saturated rings. The SMILES string of the molecule is Cc1cc(C)n2cnc(C(=O)C3CCC(C4CCC(c5ccco5)CC4)N3)c2n1. The van der Waals surface area contributed by atoms with Gasteiger partial charge in [0.1, 0.15) is 12.1 Å². The minimum Gasteiger partial charge on any atom is -0.469 e. The van der Waals surface area contributed by atoms with Gasteiger partial charge in [-0.2, -0.15) is 0 Å². The quantitative estimate of drug-likeness (QED) is 0.673. The summed E-state index contributed by atoms with van der Waals surface area (Å²) in [6.45, 7) is 3.97. The maximum Gasteiger partial charge on any atom is 0.201 e. The monoisotopic (exact) mass is 392 g/mol. The van der Waals surface area contributed by atoms with Crippen LogP contribution in [0.4, 0.5) is 0 Å². The Morgan fingerprint density at radius 3 is 2.76 bits per heavy atom. The zero-order valence-corrected chi connectivity index (χ0v) is 17.1. The zero-order chi connectivity index (χ0) is 20.0. The number of hydrogen-bond acceptors (Lipinski definition) is 5. The van der Waals surface area contributed by atoms with Crippen LogP contribution in [0, 0.1) is 19.8 Å². The van der Waals surface area contributed by atoms with Crippen molar-refractivity contribution in [3.63, 3.8) is 0 Å².